The van der Waals surface area contributed by atoms with E-state index in [9.17, 15) is 26.7 Å². The topological polar surface area (TPSA) is 64.9 Å². The Morgan fingerprint density at radius 3 is 2.24 bits per heavy atom. The van der Waals surface area contributed by atoms with Crippen LogP contribution in [0.25, 0.3) is 0 Å². The molecule has 1 fully saturated rings. The Kier molecular flexibility index (Phi) is 6.89. The molecule has 0 aliphatic heterocycles. The molecular formula is C20H24F5N3O. The number of rotatable bonds is 9. The first-order valence-corrected chi connectivity index (χ1v) is 9.42. The molecule has 160 valence electrons. The molecule has 0 radical (unpaired) electrons. The number of alkyl halides is 5. The number of carbonyl (C=O) groups is 1. The lowest BCUT2D eigenvalue weighted by Crippen LogP contribution is -2.53. The van der Waals surface area contributed by atoms with E-state index < -0.39 is 48.5 Å². The summed E-state index contributed by atoms with van der Waals surface area (Å²) in [6, 6.07) is 3.22. The maximum absolute atomic E-state index is 14.2. The molecule has 0 aromatic heterocycles. The van der Waals surface area contributed by atoms with Gasteiger partial charge in [-0.05, 0) is 25.3 Å². The van der Waals surface area contributed by atoms with Crippen LogP contribution in [-0.4, -0.2) is 29.6 Å². The van der Waals surface area contributed by atoms with Gasteiger partial charge in [-0.1, -0.05) is 43.2 Å². The van der Waals surface area contributed by atoms with Crippen molar-refractivity contribution in [3.63, 3.8) is 0 Å². The zero-order chi connectivity index (χ0) is 21.9. The van der Waals surface area contributed by atoms with Crippen molar-refractivity contribution in [1.82, 2.24) is 10.6 Å². The SMILES string of the molecule is CCCC(F)(F)C[C@H](N[C@@H](c1ccc(C)cc1)C(F)(F)F)C(=O)NC1(C#N)CC1. The highest BCUT2D eigenvalue weighted by Crippen LogP contribution is 2.37. The molecule has 0 unspecified atom stereocenters. The van der Waals surface area contributed by atoms with Gasteiger partial charge in [0.05, 0.1) is 12.1 Å². The van der Waals surface area contributed by atoms with Gasteiger partial charge in [0.1, 0.15) is 11.6 Å². The summed E-state index contributed by atoms with van der Waals surface area (Å²) in [7, 11) is 0. The van der Waals surface area contributed by atoms with E-state index in [1.807, 2.05) is 6.07 Å². The minimum absolute atomic E-state index is 0.115. The molecule has 0 spiro atoms. The van der Waals surface area contributed by atoms with Gasteiger partial charge in [0, 0.05) is 12.8 Å². The average molecular weight is 417 g/mol. The maximum atomic E-state index is 14.2. The zero-order valence-corrected chi connectivity index (χ0v) is 16.2. The van der Waals surface area contributed by atoms with Crippen LogP contribution in [0.3, 0.4) is 0 Å². The molecule has 2 rings (SSSR count). The number of hydrogen-bond donors (Lipinski definition) is 2. The molecule has 0 heterocycles. The Balaban J connectivity index is 2.30. The van der Waals surface area contributed by atoms with Crippen LogP contribution in [0.2, 0.25) is 0 Å². The van der Waals surface area contributed by atoms with Gasteiger partial charge in [-0.3, -0.25) is 10.1 Å². The normalized spacial score (nSPS) is 17.9. The molecule has 4 nitrogen and oxygen atoms in total. The van der Waals surface area contributed by atoms with Crippen LogP contribution >= 0.6 is 0 Å². The molecule has 0 bridgehead atoms. The van der Waals surface area contributed by atoms with Gasteiger partial charge in [0.25, 0.3) is 0 Å². The summed E-state index contributed by atoms with van der Waals surface area (Å²) in [6.45, 7) is 3.23. The average Bonchev–Trinajstić information content (AvgIpc) is 3.38. The van der Waals surface area contributed by atoms with E-state index in [0.717, 1.165) is 5.56 Å². The van der Waals surface area contributed by atoms with Crippen LogP contribution in [-0.2, 0) is 4.79 Å². The van der Waals surface area contributed by atoms with E-state index in [1.165, 1.54) is 31.2 Å². The highest BCUT2D eigenvalue weighted by Gasteiger charge is 2.49. The summed E-state index contributed by atoms with van der Waals surface area (Å²) in [6.07, 6.45) is -5.65. The van der Waals surface area contributed by atoms with Crippen LogP contribution in [0.4, 0.5) is 22.0 Å². The summed E-state index contributed by atoms with van der Waals surface area (Å²) in [4.78, 5) is 12.6. The van der Waals surface area contributed by atoms with Crippen molar-refractivity contribution in [3.05, 3.63) is 35.4 Å². The third kappa shape index (κ3) is 6.39. The first-order valence-electron chi connectivity index (χ1n) is 9.42. The van der Waals surface area contributed by atoms with Crippen LogP contribution in [0.15, 0.2) is 24.3 Å². The first-order chi connectivity index (χ1) is 13.4. The summed E-state index contributed by atoms with van der Waals surface area (Å²) >= 11 is 0. The molecule has 1 amide bonds. The standard InChI is InChI=1S/C20H24F5N3O/c1-3-8-19(21,22)11-15(17(29)28-18(12-26)9-10-18)27-16(20(23,24)25)14-6-4-13(2)5-7-14/h4-7,15-16,27H,3,8-11H2,1-2H3,(H,28,29)/t15-,16-/m0/s1. The van der Waals surface area contributed by atoms with E-state index in [-0.39, 0.29) is 12.0 Å². The van der Waals surface area contributed by atoms with Gasteiger partial charge in [-0.15, -0.1) is 0 Å². The lowest BCUT2D eigenvalue weighted by molar-refractivity contribution is -0.163. The number of nitriles is 1. The molecule has 2 N–H and O–H groups in total. The van der Waals surface area contributed by atoms with Crippen molar-refractivity contribution in [1.29, 1.82) is 5.26 Å². The Hall–Kier alpha value is -2.21. The Morgan fingerprint density at radius 2 is 1.79 bits per heavy atom. The Morgan fingerprint density at radius 1 is 1.21 bits per heavy atom. The van der Waals surface area contributed by atoms with Crippen molar-refractivity contribution < 1.29 is 26.7 Å². The number of benzene rings is 1. The summed E-state index contributed by atoms with van der Waals surface area (Å²) in [5, 5.41) is 13.5. The zero-order valence-electron chi connectivity index (χ0n) is 16.2. The van der Waals surface area contributed by atoms with Gasteiger partial charge < -0.3 is 5.32 Å². The highest BCUT2D eigenvalue weighted by atomic mass is 19.4. The fourth-order valence-corrected chi connectivity index (χ4v) is 3.05. The van der Waals surface area contributed by atoms with Gasteiger partial charge in [0.15, 0.2) is 0 Å². The Bertz CT molecular complexity index is 751. The molecule has 1 saturated carbocycles. The Labute approximate surface area is 166 Å². The van der Waals surface area contributed by atoms with Gasteiger partial charge >= 0.3 is 6.18 Å². The molecule has 1 aromatic rings. The number of amides is 1. The number of hydrogen-bond acceptors (Lipinski definition) is 3. The molecule has 9 heteroatoms. The fraction of sp³-hybridized carbons (Fsp3) is 0.600. The van der Waals surface area contributed by atoms with E-state index in [1.54, 1.807) is 6.92 Å². The van der Waals surface area contributed by atoms with Crippen molar-refractivity contribution >= 4 is 5.91 Å². The third-order valence-corrected chi connectivity index (χ3v) is 4.87. The predicted octanol–water partition coefficient (Wildman–Crippen LogP) is 4.55. The quantitative estimate of drug-likeness (QED) is 0.579. The molecule has 1 aromatic carbocycles. The number of nitrogens with zero attached hydrogens (tertiary/aromatic N) is 1. The van der Waals surface area contributed by atoms with E-state index in [0.29, 0.717) is 12.8 Å². The van der Waals surface area contributed by atoms with Crippen LogP contribution in [0, 0.1) is 18.3 Å². The third-order valence-electron chi connectivity index (χ3n) is 4.87. The predicted molar refractivity (Wildman–Crippen MR) is 97.1 cm³/mol. The largest absolute Gasteiger partial charge is 0.407 e. The minimum Gasteiger partial charge on any atom is -0.336 e. The van der Waals surface area contributed by atoms with Crippen molar-refractivity contribution in [2.75, 3.05) is 0 Å². The second-order valence-corrected chi connectivity index (χ2v) is 7.60. The smallest absolute Gasteiger partial charge is 0.336 e. The van der Waals surface area contributed by atoms with E-state index in [4.69, 9.17) is 5.26 Å². The second-order valence-electron chi connectivity index (χ2n) is 7.60. The van der Waals surface area contributed by atoms with Crippen LogP contribution in [0.1, 0.15) is 56.2 Å². The highest BCUT2D eigenvalue weighted by molar-refractivity contribution is 5.83. The van der Waals surface area contributed by atoms with Crippen molar-refractivity contribution in [2.45, 2.75) is 75.7 Å². The lowest BCUT2D eigenvalue weighted by Gasteiger charge is -2.30. The van der Waals surface area contributed by atoms with Crippen molar-refractivity contribution in [3.8, 4) is 6.07 Å². The van der Waals surface area contributed by atoms with Gasteiger partial charge in [-0.25, -0.2) is 8.78 Å². The molecule has 29 heavy (non-hydrogen) atoms. The van der Waals surface area contributed by atoms with Gasteiger partial charge in [0.2, 0.25) is 11.8 Å². The lowest BCUT2D eigenvalue weighted by atomic mass is 9.99. The number of aryl methyl sites for hydroxylation is 1. The monoisotopic (exact) mass is 417 g/mol. The number of nitrogens with one attached hydrogen (secondary N) is 2. The van der Waals surface area contributed by atoms with Crippen LogP contribution in [0.5, 0.6) is 0 Å². The molecule has 2 atom stereocenters. The van der Waals surface area contributed by atoms with E-state index in [2.05, 4.69) is 10.6 Å². The summed E-state index contributed by atoms with van der Waals surface area (Å²) in [5.74, 6) is -4.35. The van der Waals surface area contributed by atoms with E-state index >= 15 is 0 Å². The molecule has 1 aliphatic carbocycles. The summed E-state index contributed by atoms with van der Waals surface area (Å²) < 4.78 is 69.5. The minimum atomic E-state index is -4.81. The summed E-state index contributed by atoms with van der Waals surface area (Å²) in [5.41, 5.74) is -0.612. The first kappa shape index (κ1) is 23.1. The molecule has 0 saturated heterocycles. The fourth-order valence-electron chi connectivity index (χ4n) is 3.05. The van der Waals surface area contributed by atoms with Gasteiger partial charge in [-0.2, -0.15) is 18.4 Å². The molecule has 1 aliphatic rings. The molecular weight excluding hydrogens is 393 g/mol. The van der Waals surface area contributed by atoms with Crippen LogP contribution < -0.4 is 10.6 Å². The second kappa shape index (κ2) is 8.66. The maximum Gasteiger partial charge on any atom is 0.407 e. The van der Waals surface area contributed by atoms with Crippen molar-refractivity contribution in [2.24, 2.45) is 0 Å². The number of halogens is 5. The number of carbonyl (C=O) groups excluding carboxylic acids is 1.